The number of nitro benzene ring substituents is 1. The molecule has 5 nitrogen and oxygen atoms in total. The van der Waals surface area contributed by atoms with Gasteiger partial charge in [0.15, 0.2) is 0 Å². The summed E-state index contributed by atoms with van der Waals surface area (Å²) in [6.07, 6.45) is 0. The first kappa shape index (κ1) is 8.32. The average Bonchev–Trinajstić information content (AvgIpc) is 2.05. The molecule has 5 heteroatoms. The lowest BCUT2D eigenvalue weighted by molar-refractivity contribution is -0.384. The van der Waals surface area contributed by atoms with Gasteiger partial charge in [0, 0.05) is 0 Å². The molecular formula is C7H7N2O3. The summed E-state index contributed by atoms with van der Waals surface area (Å²) in [5.74, 6) is 0.316. The van der Waals surface area contributed by atoms with Crippen LogP contribution in [0.1, 0.15) is 0 Å². The van der Waals surface area contributed by atoms with Crippen LogP contribution in [0.25, 0.3) is 0 Å². The Morgan fingerprint density at radius 3 is 2.75 bits per heavy atom. The van der Waals surface area contributed by atoms with Crippen LogP contribution in [0, 0.1) is 17.2 Å². The zero-order valence-corrected chi connectivity index (χ0v) is 6.19. The molecule has 0 aliphatic rings. The van der Waals surface area contributed by atoms with Gasteiger partial charge in [-0.05, 0) is 12.1 Å². The highest BCUT2D eigenvalue weighted by Gasteiger charge is 2.11. The number of ether oxygens (including phenoxy) is 1. The third kappa shape index (κ3) is 1.45. The normalized spacial score (nSPS) is 9.42. The van der Waals surface area contributed by atoms with Crippen LogP contribution in [-0.2, 0) is 0 Å². The Morgan fingerprint density at radius 2 is 2.25 bits per heavy atom. The first-order valence-corrected chi connectivity index (χ1v) is 3.11. The van der Waals surface area contributed by atoms with Gasteiger partial charge in [0.1, 0.15) is 18.5 Å². The van der Waals surface area contributed by atoms with E-state index in [0.29, 0.717) is 5.75 Å². The van der Waals surface area contributed by atoms with Crippen LogP contribution >= 0.6 is 0 Å². The van der Waals surface area contributed by atoms with Crippen molar-refractivity contribution in [3.05, 3.63) is 35.4 Å². The molecule has 0 amide bonds. The van der Waals surface area contributed by atoms with Gasteiger partial charge in [0.25, 0.3) is 5.69 Å². The first-order chi connectivity index (χ1) is 5.65. The molecule has 0 unspecified atom stereocenters. The summed E-state index contributed by atoms with van der Waals surface area (Å²) < 4.78 is 4.55. The molecule has 1 aromatic carbocycles. The van der Waals surface area contributed by atoms with Gasteiger partial charge in [-0.2, -0.15) is 0 Å². The van der Waals surface area contributed by atoms with Crippen LogP contribution in [0.2, 0.25) is 0 Å². The second-order valence-electron chi connectivity index (χ2n) is 2.12. The van der Waals surface area contributed by atoms with Gasteiger partial charge < -0.3 is 10.5 Å². The molecule has 1 rings (SSSR count). The van der Waals surface area contributed by atoms with Crippen LogP contribution < -0.4 is 10.5 Å². The fraction of sp³-hybridized carbons (Fsp3) is 0. The minimum atomic E-state index is -0.572. The largest absolute Gasteiger partial charge is 0.490 e. The number of nitrogen functional groups attached to an aromatic ring is 1. The summed E-state index contributed by atoms with van der Waals surface area (Å²) in [5.41, 5.74) is 5.27. The standard InChI is InChI=1S/C7H7N2O3/c1-12-5-2-3-6(8)7(4-5)9(10)11/h2-4H,1,8H2. The molecule has 0 spiro atoms. The predicted molar refractivity (Wildman–Crippen MR) is 43.5 cm³/mol. The summed E-state index contributed by atoms with van der Waals surface area (Å²) in [6.45, 7) is 0. The van der Waals surface area contributed by atoms with E-state index in [2.05, 4.69) is 11.8 Å². The van der Waals surface area contributed by atoms with Crippen molar-refractivity contribution in [3.63, 3.8) is 0 Å². The molecule has 0 heterocycles. The lowest BCUT2D eigenvalue weighted by atomic mass is 10.2. The van der Waals surface area contributed by atoms with Crippen LogP contribution in [0.5, 0.6) is 5.75 Å². The predicted octanol–water partition coefficient (Wildman–Crippen LogP) is 1.35. The van der Waals surface area contributed by atoms with Crippen molar-refractivity contribution < 1.29 is 9.66 Å². The molecule has 63 valence electrons. The van der Waals surface area contributed by atoms with Crippen molar-refractivity contribution in [1.82, 2.24) is 0 Å². The Morgan fingerprint density at radius 1 is 1.58 bits per heavy atom. The fourth-order valence-electron chi connectivity index (χ4n) is 0.771. The van der Waals surface area contributed by atoms with Crippen LogP contribution in [0.4, 0.5) is 11.4 Å². The number of hydrogen-bond donors (Lipinski definition) is 1. The molecule has 1 aromatic rings. The Bertz CT molecular complexity index is 312. The minimum Gasteiger partial charge on any atom is -0.490 e. The number of nitrogens with zero attached hydrogens (tertiary/aromatic N) is 1. The highest BCUT2D eigenvalue weighted by Crippen LogP contribution is 2.25. The minimum absolute atomic E-state index is 0.112. The highest BCUT2D eigenvalue weighted by atomic mass is 16.6. The van der Waals surface area contributed by atoms with E-state index in [1.807, 2.05) is 0 Å². The summed E-state index contributed by atoms with van der Waals surface area (Å²) in [6, 6.07) is 4.14. The molecule has 2 N–H and O–H groups in total. The molecule has 1 radical (unpaired) electrons. The quantitative estimate of drug-likeness (QED) is 0.409. The van der Waals surface area contributed by atoms with E-state index in [9.17, 15) is 10.1 Å². The molecule has 0 bridgehead atoms. The lowest BCUT2D eigenvalue weighted by Gasteiger charge is -2.00. The fourth-order valence-corrected chi connectivity index (χ4v) is 0.771. The van der Waals surface area contributed by atoms with Gasteiger partial charge in [-0.1, -0.05) is 0 Å². The Balaban J connectivity index is 3.17. The van der Waals surface area contributed by atoms with E-state index in [-0.39, 0.29) is 11.4 Å². The zero-order valence-electron chi connectivity index (χ0n) is 6.19. The van der Waals surface area contributed by atoms with Gasteiger partial charge in [-0.25, -0.2) is 0 Å². The first-order valence-electron chi connectivity index (χ1n) is 3.11. The van der Waals surface area contributed by atoms with Gasteiger partial charge in [0.2, 0.25) is 0 Å². The second-order valence-corrected chi connectivity index (χ2v) is 2.12. The summed E-state index contributed by atoms with van der Waals surface area (Å²) in [4.78, 5) is 9.77. The number of nitro groups is 1. The molecule has 0 atom stereocenters. The topological polar surface area (TPSA) is 78.4 Å². The van der Waals surface area contributed by atoms with Crippen LogP contribution in [0.3, 0.4) is 0 Å². The monoisotopic (exact) mass is 167 g/mol. The van der Waals surface area contributed by atoms with E-state index < -0.39 is 4.92 Å². The summed E-state index contributed by atoms with van der Waals surface area (Å²) >= 11 is 0. The van der Waals surface area contributed by atoms with E-state index in [0.717, 1.165) is 0 Å². The van der Waals surface area contributed by atoms with Gasteiger partial charge in [-0.3, -0.25) is 10.1 Å². The van der Waals surface area contributed by atoms with E-state index in [4.69, 9.17) is 5.73 Å². The van der Waals surface area contributed by atoms with E-state index in [1.165, 1.54) is 18.2 Å². The Kier molecular flexibility index (Phi) is 2.14. The number of anilines is 1. The van der Waals surface area contributed by atoms with E-state index >= 15 is 0 Å². The molecular weight excluding hydrogens is 160 g/mol. The van der Waals surface area contributed by atoms with E-state index in [1.54, 1.807) is 0 Å². The molecule has 0 fully saturated rings. The maximum absolute atomic E-state index is 10.3. The molecule has 12 heavy (non-hydrogen) atoms. The molecule has 0 aromatic heterocycles. The SMILES string of the molecule is [CH2]Oc1ccc(N)c([N+](=O)[O-])c1. The van der Waals surface area contributed by atoms with Gasteiger partial charge in [0.05, 0.1) is 11.0 Å². The number of benzene rings is 1. The third-order valence-corrected chi connectivity index (χ3v) is 1.37. The zero-order chi connectivity index (χ0) is 9.14. The van der Waals surface area contributed by atoms with Crippen LogP contribution in [-0.4, -0.2) is 4.92 Å². The van der Waals surface area contributed by atoms with Crippen molar-refractivity contribution in [2.75, 3.05) is 5.73 Å². The number of rotatable bonds is 2. The molecule has 0 saturated heterocycles. The highest BCUT2D eigenvalue weighted by molar-refractivity contribution is 5.60. The Hall–Kier alpha value is -1.78. The lowest BCUT2D eigenvalue weighted by Crippen LogP contribution is -1.95. The number of nitrogens with two attached hydrogens (primary N) is 1. The second kappa shape index (κ2) is 3.08. The maximum Gasteiger partial charge on any atom is 0.295 e. The van der Waals surface area contributed by atoms with Crippen molar-refractivity contribution in [1.29, 1.82) is 0 Å². The molecule has 0 aliphatic heterocycles. The third-order valence-electron chi connectivity index (χ3n) is 1.37. The van der Waals surface area contributed by atoms with Crippen molar-refractivity contribution in [2.45, 2.75) is 0 Å². The summed E-state index contributed by atoms with van der Waals surface area (Å²) in [7, 11) is 3.12. The van der Waals surface area contributed by atoms with Crippen molar-refractivity contribution in [3.8, 4) is 5.75 Å². The van der Waals surface area contributed by atoms with Crippen molar-refractivity contribution in [2.24, 2.45) is 0 Å². The molecule has 0 aliphatic carbocycles. The van der Waals surface area contributed by atoms with Crippen LogP contribution in [0.15, 0.2) is 18.2 Å². The smallest absolute Gasteiger partial charge is 0.295 e. The maximum atomic E-state index is 10.3. The Labute approximate surface area is 68.9 Å². The average molecular weight is 167 g/mol. The van der Waals surface area contributed by atoms with Gasteiger partial charge >= 0.3 is 0 Å². The summed E-state index contributed by atoms with van der Waals surface area (Å²) in [5, 5.41) is 10.3. The number of hydrogen-bond acceptors (Lipinski definition) is 4. The van der Waals surface area contributed by atoms with Crippen molar-refractivity contribution >= 4 is 11.4 Å². The van der Waals surface area contributed by atoms with Gasteiger partial charge in [-0.15, -0.1) is 0 Å². The molecule has 0 saturated carbocycles.